The highest BCUT2D eigenvalue weighted by atomic mass is 16.5. The Morgan fingerprint density at radius 2 is 2.36 bits per heavy atom. The first kappa shape index (κ1) is 11.5. The monoisotopic (exact) mass is 201 g/mol. The summed E-state index contributed by atoms with van der Waals surface area (Å²) in [6.07, 6.45) is 3.97. The molecule has 4 heteroatoms. The highest BCUT2D eigenvalue weighted by molar-refractivity contribution is 5.73. The van der Waals surface area contributed by atoms with Crippen molar-refractivity contribution < 1.29 is 14.6 Å². The zero-order valence-electron chi connectivity index (χ0n) is 8.74. The molecule has 0 saturated carbocycles. The van der Waals surface area contributed by atoms with E-state index in [2.05, 4.69) is 6.92 Å². The van der Waals surface area contributed by atoms with Gasteiger partial charge in [-0.3, -0.25) is 9.69 Å². The maximum Gasteiger partial charge on any atom is 0.320 e. The molecule has 1 atom stereocenters. The van der Waals surface area contributed by atoms with Gasteiger partial charge in [0.05, 0.1) is 13.3 Å². The molecule has 0 spiro atoms. The van der Waals surface area contributed by atoms with Crippen LogP contribution in [0.1, 0.15) is 32.6 Å². The topological polar surface area (TPSA) is 49.8 Å². The summed E-state index contributed by atoms with van der Waals surface area (Å²) >= 11 is 0. The first-order chi connectivity index (χ1) is 6.75. The lowest BCUT2D eigenvalue weighted by Gasteiger charge is -2.21. The Morgan fingerprint density at radius 1 is 1.57 bits per heavy atom. The van der Waals surface area contributed by atoms with Crippen molar-refractivity contribution in [1.82, 2.24) is 4.90 Å². The van der Waals surface area contributed by atoms with Gasteiger partial charge in [-0.1, -0.05) is 26.2 Å². The minimum Gasteiger partial charge on any atom is -0.480 e. The Bertz CT molecular complexity index is 178. The van der Waals surface area contributed by atoms with Gasteiger partial charge >= 0.3 is 5.97 Å². The Balaban J connectivity index is 2.34. The zero-order chi connectivity index (χ0) is 10.4. The predicted octanol–water partition coefficient (Wildman–Crippen LogP) is 1.31. The molecule has 0 aromatic carbocycles. The van der Waals surface area contributed by atoms with Gasteiger partial charge < -0.3 is 9.84 Å². The third-order valence-corrected chi connectivity index (χ3v) is 2.59. The fraction of sp³-hybridized carbons (Fsp3) is 0.900. The summed E-state index contributed by atoms with van der Waals surface area (Å²) < 4.78 is 5.16. The smallest absolute Gasteiger partial charge is 0.320 e. The van der Waals surface area contributed by atoms with Crippen molar-refractivity contribution in [2.45, 2.75) is 38.6 Å². The zero-order valence-corrected chi connectivity index (χ0v) is 8.74. The number of hydrogen-bond donors (Lipinski definition) is 1. The van der Waals surface area contributed by atoms with Crippen LogP contribution in [0.5, 0.6) is 0 Å². The molecule has 0 radical (unpaired) electrons. The Labute approximate surface area is 84.8 Å². The molecule has 0 aromatic rings. The van der Waals surface area contributed by atoms with Crippen molar-refractivity contribution in [2.24, 2.45) is 0 Å². The van der Waals surface area contributed by atoms with Gasteiger partial charge in [-0.15, -0.1) is 0 Å². The van der Waals surface area contributed by atoms with Crippen LogP contribution in [0.15, 0.2) is 0 Å². The van der Waals surface area contributed by atoms with Crippen molar-refractivity contribution in [3.63, 3.8) is 0 Å². The molecule has 1 saturated heterocycles. The van der Waals surface area contributed by atoms with Crippen LogP contribution in [-0.2, 0) is 9.53 Å². The van der Waals surface area contributed by atoms with Crippen LogP contribution in [-0.4, -0.2) is 41.9 Å². The van der Waals surface area contributed by atoms with Gasteiger partial charge in [-0.2, -0.15) is 0 Å². The quantitative estimate of drug-likeness (QED) is 0.658. The number of nitrogens with zero attached hydrogens (tertiary/aromatic N) is 1. The maximum absolute atomic E-state index is 11.0. The number of rotatable bonds is 6. The SMILES string of the molecule is CCCCCC(C(=O)O)N1CCOC1. The van der Waals surface area contributed by atoms with Crippen LogP contribution in [0, 0.1) is 0 Å². The van der Waals surface area contributed by atoms with E-state index in [0.717, 1.165) is 32.2 Å². The summed E-state index contributed by atoms with van der Waals surface area (Å²) in [6, 6.07) is -0.343. The highest BCUT2D eigenvalue weighted by Crippen LogP contribution is 2.13. The maximum atomic E-state index is 11.0. The molecule has 0 amide bonds. The van der Waals surface area contributed by atoms with E-state index in [1.54, 1.807) is 0 Å². The molecule has 1 aliphatic heterocycles. The normalized spacial score (nSPS) is 19.8. The summed E-state index contributed by atoms with van der Waals surface area (Å²) in [7, 11) is 0. The molecule has 82 valence electrons. The lowest BCUT2D eigenvalue weighted by Crippen LogP contribution is -2.39. The Morgan fingerprint density at radius 3 is 2.86 bits per heavy atom. The second kappa shape index (κ2) is 5.98. The van der Waals surface area contributed by atoms with Crippen molar-refractivity contribution in [1.29, 1.82) is 0 Å². The number of ether oxygens (including phenoxy) is 1. The highest BCUT2D eigenvalue weighted by Gasteiger charge is 2.27. The fourth-order valence-corrected chi connectivity index (χ4v) is 1.72. The van der Waals surface area contributed by atoms with Crippen LogP contribution >= 0.6 is 0 Å². The fourth-order valence-electron chi connectivity index (χ4n) is 1.72. The summed E-state index contributed by atoms with van der Waals surface area (Å²) in [4.78, 5) is 12.9. The van der Waals surface area contributed by atoms with E-state index in [0.29, 0.717) is 13.3 Å². The Hall–Kier alpha value is -0.610. The molecule has 4 nitrogen and oxygen atoms in total. The van der Waals surface area contributed by atoms with E-state index in [-0.39, 0.29) is 6.04 Å². The molecular weight excluding hydrogens is 182 g/mol. The van der Waals surface area contributed by atoms with Crippen LogP contribution in [0.4, 0.5) is 0 Å². The number of hydrogen-bond acceptors (Lipinski definition) is 3. The van der Waals surface area contributed by atoms with Crippen molar-refractivity contribution in [3.8, 4) is 0 Å². The van der Waals surface area contributed by atoms with Crippen LogP contribution in [0.2, 0.25) is 0 Å². The second-order valence-electron chi connectivity index (χ2n) is 3.70. The number of unbranched alkanes of at least 4 members (excludes halogenated alkanes) is 2. The largest absolute Gasteiger partial charge is 0.480 e. The van der Waals surface area contributed by atoms with E-state index in [9.17, 15) is 4.79 Å². The molecule has 0 aromatic heterocycles. The first-order valence-corrected chi connectivity index (χ1v) is 5.30. The average Bonchev–Trinajstić information content (AvgIpc) is 2.64. The molecule has 0 aliphatic carbocycles. The summed E-state index contributed by atoms with van der Waals surface area (Å²) in [5.74, 6) is -0.716. The number of aliphatic carboxylic acids is 1. The Kier molecular flexibility index (Phi) is 4.90. The summed E-state index contributed by atoms with van der Waals surface area (Å²) in [6.45, 7) is 4.01. The average molecular weight is 201 g/mol. The van der Waals surface area contributed by atoms with E-state index >= 15 is 0 Å². The van der Waals surface area contributed by atoms with Crippen LogP contribution in [0.25, 0.3) is 0 Å². The third-order valence-electron chi connectivity index (χ3n) is 2.59. The van der Waals surface area contributed by atoms with Gasteiger partial charge in [0.1, 0.15) is 6.04 Å². The predicted molar refractivity (Wildman–Crippen MR) is 53.1 cm³/mol. The third kappa shape index (κ3) is 3.27. The van der Waals surface area contributed by atoms with E-state index < -0.39 is 5.97 Å². The number of carboxylic acid groups (broad SMARTS) is 1. The van der Waals surface area contributed by atoms with Gasteiger partial charge in [-0.05, 0) is 6.42 Å². The van der Waals surface area contributed by atoms with Crippen LogP contribution < -0.4 is 0 Å². The van der Waals surface area contributed by atoms with E-state index in [1.807, 2.05) is 4.90 Å². The first-order valence-electron chi connectivity index (χ1n) is 5.30. The number of carboxylic acids is 1. The van der Waals surface area contributed by atoms with E-state index in [4.69, 9.17) is 9.84 Å². The lowest BCUT2D eigenvalue weighted by molar-refractivity contribution is -0.143. The van der Waals surface area contributed by atoms with Gasteiger partial charge in [0.2, 0.25) is 0 Å². The molecule has 1 unspecified atom stereocenters. The minimum absolute atomic E-state index is 0.343. The van der Waals surface area contributed by atoms with Gasteiger partial charge in [0.15, 0.2) is 0 Å². The van der Waals surface area contributed by atoms with Gasteiger partial charge in [0.25, 0.3) is 0 Å². The molecule has 1 heterocycles. The summed E-state index contributed by atoms with van der Waals surface area (Å²) in [5.41, 5.74) is 0. The van der Waals surface area contributed by atoms with Crippen LogP contribution in [0.3, 0.4) is 0 Å². The van der Waals surface area contributed by atoms with E-state index in [1.165, 1.54) is 0 Å². The summed E-state index contributed by atoms with van der Waals surface area (Å²) in [5, 5.41) is 9.04. The number of carbonyl (C=O) groups is 1. The van der Waals surface area contributed by atoms with Crippen molar-refractivity contribution in [2.75, 3.05) is 19.9 Å². The minimum atomic E-state index is -0.716. The standard InChI is InChI=1S/C10H19NO3/c1-2-3-4-5-9(10(12)13)11-6-7-14-8-11/h9H,2-8H2,1H3,(H,12,13). The molecule has 0 bridgehead atoms. The lowest BCUT2D eigenvalue weighted by atomic mass is 10.1. The molecule has 1 N–H and O–H groups in total. The molecule has 1 aliphatic rings. The molecular formula is C10H19NO3. The molecule has 1 fully saturated rings. The van der Waals surface area contributed by atoms with Crippen molar-refractivity contribution >= 4 is 5.97 Å². The molecule has 1 rings (SSSR count). The second-order valence-corrected chi connectivity index (χ2v) is 3.70. The van der Waals surface area contributed by atoms with Crippen molar-refractivity contribution in [3.05, 3.63) is 0 Å². The van der Waals surface area contributed by atoms with Gasteiger partial charge in [0, 0.05) is 6.54 Å². The molecule has 14 heavy (non-hydrogen) atoms. The van der Waals surface area contributed by atoms with Gasteiger partial charge in [-0.25, -0.2) is 0 Å².